The Morgan fingerprint density at radius 1 is 1.38 bits per heavy atom. The van der Waals surface area contributed by atoms with E-state index in [1.54, 1.807) is 0 Å². The molecule has 4 heteroatoms. The second-order valence-electron chi connectivity index (χ2n) is 4.86. The quantitative estimate of drug-likeness (QED) is 0.671. The summed E-state index contributed by atoms with van der Waals surface area (Å²) in [5, 5.41) is 9.86. The maximum atomic E-state index is 9.86. The molecule has 0 saturated carbocycles. The molecule has 16 heavy (non-hydrogen) atoms. The van der Waals surface area contributed by atoms with E-state index in [-0.39, 0.29) is 6.10 Å². The van der Waals surface area contributed by atoms with E-state index in [9.17, 15) is 5.11 Å². The number of likely N-dealkylation sites (N-methyl/N-ethyl adjacent to an activating group) is 2. The molecule has 1 saturated heterocycles. The fourth-order valence-electron chi connectivity index (χ4n) is 2.10. The normalized spacial score (nSPS) is 25.9. The molecule has 0 radical (unpaired) electrons. The van der Waals surface area contributed by atoms with Crippen LogP contribution in [0.15, 0.2) is 0 Å². The molecule has 0 spiro atoms. The Labute approximate surface area is 99.2 Å². The number of aliphatic hydroxyl groups excluding tert-OH is 1. The Morgan fingerprint density at radius 2 is 2.12 bits per heavy atom. The van der Waals surface area contributed by atoms with Gasteiger partial charge in [0.2, 0.25) is 0 Å². The minimum absolute atomic E-state index is 0.328. The van der Waals surface area contributed by atoms with Gasteiger partial charge in [-0.25, -0.2) is 0 Å². The van der Waals surface area contributed by atoms with Crippen molar-refractivity contribution < 1.29 is 9.84 Å². The van der Waals surface area contributed by atoms with Crippen molar-refractivity contribution in [3.63, 3.8) is 0 Å². The van der Waals surface area contributed by atoms with Crippen molar-refractivity contribution in [1.29, 1.82) is 0 Å². The van der Waals surface area contributed by atoms with Crippen molar-refractivity contribution in [2.45, 2.75) is 31.9 Å². The summed E-state index contributed by atoms with van der Waals surface area (Å²) in [4.78, 5) is 4.66. The van der Waals surface area contributed by atoms with Crippen LogP contribution in [0.25, 0.3) is 0 Å². The SMILES string of the molecule is CCCOCC(O)CC1CN(C)CCN1C. The first kappa shape index (κ1) is 13.9. The van der Waals surface area contributed by atoms with Gasteiger partial charge < -0.3 is 19.6 Å². The third-order valence-corrected chi connectivity index (χ3v) is 3.18. The van der Waals surface area contributed by atoms with Crippen molar-refractivity contribution in [1.82, 2.24) is 9.80 Å². The lowest BCUT2D eigenvalue weighted by Gasteiger charge is -2.38. The Kier molecular flexibility index (Phi) is 6.28. The first-order chi connectivity index (χ1) is 7.63. The highest BCUT2D eigenvalue weighted by Crippen LogP contribution is 2.12. The lowest BCUT2D eigenvalue weighted by Crippen LogP contribution is -2.51. The van der Waals surface area contributed by atoms with Gasteiger partial charge in [0.05, 0.1) is 12.7 Å². The highest BCUT2D eigenvalue weighted by Gasteiger charge is 2.24. The largest absolute Gasteiger partial charge is 0.391 e. The standard InChI is InChI=1S/C12H26N2O2/c1-4-7-16-10-12(15)8-11-9-13(2)5-6-14(11)3/h11-12,15H,4-10H2,1-3H3. The molecule has 4 nitrogen and oxygen atoms in total. The first-order valence-electron chi connectivity index (χ1n) is 6.28. The zero-order valence-corrected chi connectivity index (χ0v) is 10.9. The summed E-state index contributed by atoms with van der Waals surface area (Å²) in [6.07, 6.45) is 1.49. The molecular formula is C12H26N2O2. The molecule has 1 aliphatic rings. The van der Waals surface area contributed by atoms with Crippen LogP contribution in [0, 0.1) is 0 Å². The van der Waals surface area contributed by atoms with E-state index < -0.39 is 0 Å². The van der Waals surface area contributed by atoms with Crippen molar-refractivity contribution in [2.75, 3.05) is 46.9 Å². The molecule has 2 atom stereocenters. The Bertz CT molecular complexity index is 190. The number of hydrogen-bond acceptors (Lipinski definition) is 4. The number of ether oxygens (including phenoxy) is 1. The Hall–Kier alpha value is -0.160. The minimum atomic E-state index is -0.328. The van der Waals surface area contributed by atoms with Crippen LogP contribution in [-0.2, 0) is 4.74 Å². The summed E-state index contributed by atoms with van der Waals surface area (Å²) in [6.45, 7) is 6.55. The van der Waals surface area contributed by atoms with Gasteiger partial charge in [-0.05, 0) is 26.9 Å². The average molecular weight is 230 g/mol. The molecular weight excluding hydrogens is 204 g/mol. The van der Waals surface area contributed by atoms with E-state index in [0.717, 1.165) is 39.1 Å². The maximum absolute atomic E-state index is 9.86. The summed E-state index contributed by atoms with van der Waals surface area (Å²) in [7, 11) is 4.28. The van der Waals surface area contributed by atoms with Gasteiger partial charge in [0.1, 0.15) is 0 Å². The van der Waals surface area contributed by atoms with Crippen LogP contribution in [0.1, 0.15) is 19.8 Å². The van der Waals surface area contributed by atoms with E-state index in [2.05, 4.69) is 30.8 Å². The number of hydrogen-bond donors (Lipinski definition) is 1. The summed E-state index contributed by atoms with van der Waals surface area (Å²) in [5.41, 5.74) is 0. The van der Waals surface area contributed by atoms with Gasteiger partial charge in [0, 0.05) is 32.3 Å². The molecule has 0 aliphatic carbocycles. The Morgan fingerprint density at radius 3 is 2.81 bits per heavy atom. The second-order valence-corrected chi connectivity index (χ2v) is 4.86. The summed E-state index contributed by atoms with van der Waals surface area (Å²) < 4.78 is 5.37. The van der Waals surface area contributed by atoms with Gasteiger partial charge in [0.25, 0.3) is 0 Å². The third kappa shape index (κ3) is 4.78. The smallest absolute Gasteiger partial charge is 0.0789 e. The van der Waals surface area contributed by atoms with Crippen LogP contribution in [-0.4, -0.2) is 74.0 Å². The van der Waals surface area contributed by atoms with Crippen molar-refractivity contribution >= 4 is 0 Å². The highest BCUT2D eigenvalue weighted by atomic mass is 16.5. The van der Waals surface area contributed by atoms with Gasteiger partial charge in [-0.3, -0.25) is 0 Å². The van der Waals surface area contributed by atoms with Crippen LogP contribution in [0.2, 0.25) is 0 Å². The van der Waals surface area contributed by atoms with Gasteiger partial charge in [-0.2, -0.15) is 0 Å². The molecule has 0 aromatic heterocycles. The molecule has 0 aromatic carbocycles. The molecule has 0 amide bonds. The minimum Gasteiger partial charge on any atom is -0.391 e. The predicted octanol–water partition coefficient (Wildman–Crippen LogP) is 0.410. The third-order valence-electron chi connectivity index (χ3n) is 3.18. The molecule has 1 aliphatic heterocycles. The summed E-state index contributed by atoms with van der Waals surface area (Å²) >= 11 is 0. The van der Waals surface area contributed by atoms with Crippen molar-refractivity contribution in [3.05, 3.63) is 0 Å². The van der Waals surface area contributed by atoms with Crippen LogP contribution in [0.3, 0.4) is 0 Å². The van der Waals surface area contributed by atoms with Crippen molar-refractivity contribution in [3.8, 4) is 0 Å². The van der Waals surface area contributed by atoms with E-state index >= 15 is 0 Å². The lowest BCUT2D eigenvalue weighted by molar-refractivity contribution is 0.00616. The first-order valence-corrected chi connectivity index (χ1v) is 6.28. The predicted molar refractivity (Wildman–Crippen MR) is 65.6 cm³/mol. The zero-order chi connectivity index (χ0) is 12.0. The number of piperazine rings is 1. The zero-order valence-electron chi connectivity index (χ0n) is 10.9. The number of nitrogens with zero attached hydrogens (tertiary/aromatic N) is 2. The monoisotopic (exact) mass is 230 g/mol. The molecule has 0 aromatic rings. The lowest BCUT2D eigenvalue weighted by atomic mass is 10.1. The number of aliphatic hydroxyl groups is 1. The van der Waals surface area contributed by atoms with Gasteiger partial charge in [0.15, 0.2) is 0 Å². The Balaban J connectivity index is 2.23. The van der Waals surface area contributed by atoms with Crippen molar-refractivity contribution in [2.24, 2.45) is 0 Å². The number of rotatable bonds is 6. The topological polar surface area (TPSA) is 35.9 Å². The van der Waals surface area contributed by atoms with Gasteiger partial charge >= 0.3 is 0 Å². The van der Waals surface area contributed by atoms with E-state index in [1.807, 2.05) is 0 Å². The molecule has 1 rings (SSSR count). The molecule has 1 fully saturated rings. The molecule has 1 heterocycles. The van der Waals surface area contributed by atoms with E-state index in [4.69, 9.17) is 4.74 Å². The van der Waals surface area contributed by atoms with Crippen LogP contribution in [0.4, 0.5) is 0 Å². The van der Waals surface area contributed by atoms with Gasteiger partial charge in [-0.1, -0.05) is 6.92 Å². The molecule has 96 valence electrons. The highest BCUT2D eigenvalue weighted by molar-refractivity contribution is 4.80. The molecule has 1 N–H and O–H groups in total. The van der Waals surface area contributed by atoms with Gasteiger partial charge in [-0.15, -0.1) is 0 Å². The second kappa shape index (κ2) is 7.22. The fraction of sp³-hybridized carbons (Fsp3) is 1.00. The van der Waals surface area contributed by atoms with Crippen LogP contribution >= 0.6 is 0 Å². The van der Waals surface area contributed by atoms with Crippen LogP contribution < -0.4 is 0 Å². The summed E-state index contributed by atoms with van der Waals surface area (Å²) in [5.74, 6) is 0. The van der Waals surface area contributed by atoms with Crippen LogP contribution in [0.5, 0.6) is 0 Å². The van der Waals surface area contributed by atoms with E-state index in [1.165, 1.54) is 0 Å². The average Bonchev–Trinajstić information content (AvgIpc) is 2.24. The molecule has 2 unspecified atom stereocenters. The maximum Gasteiger partial charge on any atom is 0.0789 e. The molecule has 0 bridgehead atoms. The summed E-state index contributed by atoms with van der Waals surface area (Å²) in [6, 6.07) is 0.457. The fourth-order valence-corrected chi connectivity index (χ4v) is 2.10. The van der Waals surface area contributed by atoms with E-state index in [0.29, 0.717) is 12.6 Å².